The van der Waals surface area contributed by atoms with Gasteiger partial charge in [-0.2, -0.15) is 0 Å². The third kappa shape index (κ3) is 4.68. The van der Waals surface area contributed by atoms with E-state index in [1.165, 1.54) is 6.07 Å². The van der Waals surface area contributed by atoms with Gasteiger partial charge < -0.3 is 15.2 Å². The normalized spacial score (nSPS) is 10.1. The smallest absolute Gasteiger partial charge is 0.252 e. The Morgan fingerprint density at radius 2 is 1.76 bits per heavy atom. The topological polar surface area (TPSA) is 61.6 Å². The molecule has 0 aromatic heterocycles. The van der Waals surface area contributed by atoms with Crippen LogP contribution in [0.1, 0.15) is 16.8 Å². The molecular weight excluding hydrogens is 290 g/mol. The number of benzene rings is 2. The molecule has 0 saturated carbocycles. The van der Waals surface area contributed by atoms with Crippen LogP contribution in [0.4, 0.5) is 0 Å². The Balaban J connectivity index is 1.80. The molecule has 2 aromatic rings. The van der Waals surface area contributed by atoms with Crippen molar-refractivity contribution in [3.63, 3.8) is 0 Å². The average molecular weight is 306 g/mol. The highest BCUT2D eigenvalue weighted by Gasteiger charge is 2.10. The van der Waals surface area contributed by atoms with E-state index in [9.17, 15) is 4.79 Å². The maximum Gasteiger partial charge on any atom is 0.252 e. The third-order valence-corrected chi connectivity index (χ3v) is 3.00. The number of hydrogen-bond donors (Lipinski definition) is 1. The number of halogens is 1. The predicted octanol–water partition coefficient (Wildman–Crippen LogP) is 3.29. The fraction of sp³-hybridized carbons (Fsp3) is 0.188. The zero-order valence-corrected chi connectivity index (χ0v) is 12.2. The molecular formula is C16H16ClNO3. The van der Waals surface area contributed by atoms with Crippen molar-refractivity contribution in [3.05, 3.63) is 59.1 Å². The molecule has 4 nitrogen and oxygen atoms in total. The lowest BCUT2D eigenvalue weighted by Crippen LogP contribution is -2.14. The van der Waals surface area contributed by atoms with Gasteiger partial charge in [-0.3, -0.25) is 4.79 Å². The average Bonchev–Trinajstić information content (AvgIpc) is 2.49. The van der Waals surface area contributed by atoms with Crippen molar-refractivity contribution in [1.82, 2.24) is 0 Å². The minimum Gasteiger partial charge on any atom is -0.493 e. The SMILES string of the molecule is NC(=O)c1cc(Cl)ccc1OCCCOc1ccccc1. The van der Waals surface area contributed by atoms with Crippen LogP contribution in [-0.2, 0) is 0 Å². The highest BCUT2D eigenvalue weighted by atomic mass is 35.5. The van der Waals surface area contributed by atoms with Crippen LogP contribution in [0.5, 0.6) is 11.5 Å². The molecule has 21 heavy (non-hydrogen) atoms. The Morgan fingerprint density at radius 3 is 2.48 bits per heavy atom. The summed E-state index contributed by atoms with van der Waals surface area (Å²) in [6.45, 7) is 0.957. The molecule has 2 rings (SSSR count). The fourth-order valence-corrected chi connectivity index (χ4v) is 1.94. The summed E-state index contributed by atoms with van der Waals surface area (Å²) in [4.78, 5) is 11.3. The van der Waals surface area contributed by atoms with Crippen molar-refractivity contribution in [3.8, 4) is 11.5 Å². The molecule has 0 fully saturated rings. The Hall–Kier alpha value is -2.20. The van der Waals surface area contributed by atoms with Gasteiger partial charge in [0, 0.05) is 11.4 Å². The van der Waals surface area contributed by atoms with Crippen LogP contribution in [0.3, 0.4) is 0 Å². The fourth-order valence-electron chi connectivity index (χ4n) is 1.77. The van der Waals surface area contributed by atoms with Crippen molar-refractivity contribution in [2.75, 3.05) is 13.2 Å². The standard InChI is InChI=1S/C16H16ClNO3/c17-12-7-8-15(14(11-12)16(18)19)21-10-4-9-20-13-5-2-1-3-6-13/h1-3,5-8,11H,4,9-10H2,(H2,18,19). The Bertz CT molecular complexity index is 602. The Kier molecular flexibility index (Phi) is 5.46. The number of carbonyl (C=O) groups is 1. The second-order valence-electron chi connectivity index (χ2n) is 4.37. The number of nitrogens with two attached hydrogens (primary N) is 1. The van der Waals surface area contributed by atoms with E-state index in [0.717, 1.165) is 5.75 Å². The van der Waals surface area contributed by atoms with Crippen LogP contribution in [-0.4, -0.2) is 19.1 Å². The van der Waals surface area contributed by atoms with Crippen molar-refractivity contribution in [2.45, 2.75) is 6.42 Å². The highest BCUT2D eigenvalue weighted by Crippen LogP contribution is 2.22. The first-order chi connectivity index (χ1) is 10.2. The van der Waals surface area contributed by atoms with E-state index >= 15 is 0 Å². The largest absolute Gasteiger partial charge is 0.493 e. The van der Waals surface area contributed by atoms with E-state index in [1.807, 2.05) is 30.3 Å². The van der Waals surface area contributed by atoms with Crippen molar-refractivity contribution >= 4 is 17.5 Å². The van der Waals surface area contributed by atoms with Crippen LogP contribution >= 0.6 is 11.6 Å². The number of hydrogen-bond acceptors (Lipinski definition) is 3. The summed E-state index contributed by atoms with van der Waals surface area (Å²) in [6, 6.07) is 14.3. The molecule has 2 aromatic carbocycles. The summed E-state index contributed by atoms with van der Waals surface area (Å²) in [5.74, 6) is 0.696. The van der Waals surface area contributed by atoms with Crippen LogP contribution in [0.2, 0.25) is 5.02 Å². The maximum absolute atomic E-state index is 11.3. The summed E-state index contributed by atoms with van der Waals surface area (Å²) < 4.78 is 11.1. The number of primary amides is 1. The zero-order valence-electron chi connectivity index (χ0n) is 11.4. The minimum atomic E-state index is -0.562. The second-order valence-corrected chi connectivity index (χ2v) is 4.80. The third-order valence-electron chi connectivity index (χ3n) is 2.77. The molecule has 2 N–H and O–H groups in total. The second kappa shape index (κ2) is 7.55. The zero-order chi connectivity index (χ0) is 15.1. The summed E-state index contributed by atoms with van der Waals surface area (Å²) in [5.41, 5.74) is 5.57. The van der Waals surface area contributed by atoms with Gasteiger partial charge in [0.25, 0.3) is 5.91 Å². The van der Waals surface area contributed by atoms with Crippen LogP contribution in [0.15, 0.2) is 48.5 Å². The molecule has 0 unspecified atom stereocenters. The van der Waals surface area contributed by atoms with Gasteiger partial charge >= 0.3 is 0 Å². The van der Waals surface area contributed by atoms with E-state index in [1.54, 1.807) is 12.1 Å². The summed E-state index contributed by atoms with van der Waals surface area (Å²) in [5, 5.41) is 0.448. The van der Waals surface area contributed by atoms with Gasteiger partial charge in [0.2, 0.25) is 0 Å². The van der Waals surface area contributed by atoms with Crippen molar-refractivity contribution < 1.29 is 14.3 Å². The molecule has 0 aliphatic heterocycles. The summed E-state index contributed by atoms with van der Waals surface area (Å²) in [6.07, 6.45) is 0.690. The van der Waals surface area contributed by atoms with E-state index < -0.39 is 5.91 Å². The van der Waals surface area contributed by atoms with Gasteiger partial charge in [-0.05, 0) is 30.3 Å². The monoisotopic (exact) mass is 305 g/mol. The first kappa shape index (κ1) is 15.2. The molecule has 0 atom stereocenters. The van der Waals surface area contributed by atoms with Crippen LogP contribution < -0.4 is 15.2 Å². The maximum atomic E-state index is 11.3. The lowest BCUT2D eigenvalue weighted by molar-refractivity contribution is 0.0996. The predicted molar refractivity (Wildman–Crippen MR) is 82.0 cm³/mol. The lowest BCUT2D eigenvalue weighted by atomic mass is 10.2. The van der Waals surface area contributed by atoms with Gasteiger partial charge in [-0.1, -0.05) is 29.8 Å². The highest BCUT2D eigenvalue weighted by molar-refractivity contribution is 6.31. The van der Waals surface area contributed by atoms with Crippen molar-refractivity contribution in [2.24, 2.45) is 5.73 Å². The lowest BCUT2D eigenvalue weighted by Gasteiger charge is -2.10. The molecule has 0 aliphatic carbocycles. The molecule has 0 aliphatic rings. The molecule has 0 saturated heterocycles. The Morgan fingerprint density at radius 1 is 1.05 bits per heavy atom. The number of rotatable bonds is 7. The van der Waals surface area contributed by atoms with Gasteiger partial charge in [0.05, 0.1) is 18.8 Å². The molecule has 110 valence electrons. The van der Waals surface area contributed by atoms with Gasteiger partial charge in [-0.15, -0.1) is 0 Å². The van der Waals surface area contributed by atoms with E-state index in [0.29, 0.717) is 30.4 Å². The first-order valence-electron chi connectivity index (χ1n) is 6.57. The van der Waals surface area contributed by atoms with E-state index in [2.05, 4.69) is 0 Å². The van der Waals surface area contributed by atoms with E-state index in [-0.39, 0.29) is 5.56 Å². The molecule has 0 radical (unpaired) electrons. The quantitative estimate of drug-likeness (QED) is 0.798. The molecule has 0 heterocycles. The van der Waals surface area contributed by atoms with Crippen LogP contribution in [0, 0.1) is 0 Å². The van der Waals surface area contributed by atoms with Gasteiger partial charge in [-0.25, -0.2) is 0 Å². The molecule has 5 heteroatoms. The Labute approximate surface area is 128 Å². The van der Waals surface area contributed by atoms with Gasteiger partial charge in [0.1, 0.15) is 11.5 Å². The minimum absolute atomic E-state index is 0.284. The summed E-state index contributed by atoms with van der Waals surface area (Å²) >= 11 is 5.83. The number of amides is 1. The molecule has 0 bridgehead atoms. The van der Waals surface area contributed by atoms with Crippen molar-refractivity contribution in [1.29, 1.82) is 0 Å². The van der Waals surface area contributed by atoms with E-state index in [4.69, 9.17) is 26.8 Å². The summed E-state index contributed by atoms with van der Waals surface area (Å²) in [7, 11) is 0. The number of para-hydroxylation sites is 1. The number of ether oxygens (including phenoxy) is 2. The van der Waals surface area contributed by atoms with Crippen LogP contribution in [0.25, 0.3) is 0 Å². The first-order valence-corrected chi connectivity index (χ1v) is 6.94. The number of carbonyl (C=O) groups excluding carboxylic acids is 1. The van der Waals surface area contributed by atoms with Gasteiger partial charge in [0.15, 0.2) is 0 Å². The molecule has 1 amide bonds. The molecule has 0 spiro atoms.